The molecule has 27 heavy (non-hydrogen) atoms. The molecule has 0 bridgehead atoms. The van der Waals surface area contributed by atoms with Crippen LogP contribution in [-0.4, -0.2) is 33.1 Å². The molecule has 2 N–H and O–H groups in total. The number of rotatable bonds is 6. The quantitative estimate of drug-likeness (QED) is 0.796. The van der Waals surface area contributed by atoms with E-state index < -0.39 is 10.0 Å². The Labute approximate surface area is 160 Å². The van der Waals surface area contributed by atoms with Gasteiger partial charge in [-0.25, -0.2) is 8.42 Å². The highest BCUT2D eigenvalue weighted by Gasteiger charge is 2.24. The summed E-state index contributed by atoms with van der Waals surface area (Å²) in [6, 6.07) is 13.0. The lowest BCUT2D eigenvalue weighted by Gasteiger charge is -2.20. The third kappa shape index (κ3) is 4.67. The third-order valence-electron chi connectivity index (χ3n) is 4.70. The molecule has 6 nitrogen and oxygen atoms in total. The fourth-order valence-electron chi connectivity index (χ4n) is 3.06. The summed E-state index contributed by atoms with van der Waals surface area (Å²) in [5, 5.41) is 2.91. The van der Waals surface area contributed by atoms with Crippen molar-refractivity contribution in [1.82, 2.24) is 5.32 Å². The molecule has 1 amide bonds. The fourth-order valence-corrected chi connectivity index (χ4v) is 4.19. The zero-order valence-electron chi connectivity index (χ0n) is 15.4. The molecule has 1 aliphatic rings. The SMILES string of the molecule is Cc1ccccc1NS(=O)(=O)c1ccc(C(=O)NC(C)C2CCCO2)cc1. The number of sulfonamides is 1. The van der Waals surface area contributed by atoms with E-state index in [1.807, 2.05) is 26.0 Å². The molecular formula is C20H24N2O4S. The van der Waals surface area contributed by atoms with E-state index >= 15 is 0 Å². The van der Waals surface area contributed by atoms with Gasteiger partial charge in [0.15, 0.2) is 0 Å². The largest absolute Gasteiger partial charge is 0.376 e. The first-order valence-electron chi connectivity index (χ1n) is 8.98. The number of benzene rings is 2. The minimum absolute atomic E-state index is 0.0342. The standard InChI is InChI=1S/C20H24N2O4S/c1-14-6-3-4-7-18(14)22-27(24,25)17-11-9-16(10-12-17)20(23)21-15(2)19-8-5-13-26-19/h3-4,6-7,9-12,15,19,22H,5,8,13H2,1-2H3,(H,21,23). The third-order valence-corrected chi connectivity index (χ3v) is 6.08. The maximum atomic E-state index is 12.6. The average Bonchev–Trinajstić information content (AvgIpc) is 3.18. The molecule has 1 fully saturated rings. The normalized spacial score (nSPS) is 18.1. The molecule has 7 heteroatoms. The molecular weight excluding hydrogens is 364 g/mol. The number of para-hydroxylation sites is 1. The van der Waals surface area contributed by atoms with E-state index in [1.54, 1.807) is 12.1 Å². The van der Waals surface area contributed by atoms with Gasteiger partial charge in [0, 0.05) is 12.2 Å². The van der Waals surface area contributed by atoms with Gasteiger partial charge in [-0.3, -0.25) is 9.52 Å². The predicted molar refractivity (Wildman–Crippen MR) is 104 cm³/mol. The van der Waals surface area contributed by atoms with Crippen LogP contribution in [0.25, 0.3) is 0 Å². The van der Waals surface area contributed by atoms with Gasteiger partial charge >= 0.3 is 0 Å². The van der Waals surface area contributed by atoms with Crippen LogP contribution in [0.3, 0.4) is 0 Å². The monoisotopic (exact) mass is 388 g/mol. The number of carbonyl (C=O) groups excluding carboxylic acids is 1. The Bertz CT molecular complexity index is 904. The zero-order valence-corrected chi connectivity index (χ0v) is 16.3. The van der Waals surface area contributed by atoms with Gasteiger partial charge < -0.3 is 10.1 Å². The minimum Gasteiger partial charge on any atom is -0.376 e. The molecule has 2 aromatic rings. The van der Waals surface area contributed by atoms with Crippen LogP contribution in [0, 0.1) is 6.92 Å². The van der Waals surface area contributed by atoms with Crippen molar-refractivity contribution < 1.29 is 17.9 Å². The van der Waals surface area contributed by atoms with Crippen LogP contribution >= 0.6 is 0 Å². The van der Waals surface area contributed by atoms with Crippen LogP contribution in [0.5, 0.6) is 0 Å². The highest BCUT2D eigenvalue weighted by Crippen LogP contribution is 2.20. The van der Waals surface area contributed by atoms with Gasteiger partial charge in [-0.15, -0.1) is 0 Å². The molecule has 144 valence electrons. The van der Waals surface area contributed by atoms with Crippen molar-refractivity contribution in [1.29, 1.82) is 0 Å². The van der Waals surface area contributed by atoms with Crippen LogP contribution in [0.4, 0.5) is 5.69 Å². The Kier molecular flexibility index (Phi) is 5.82. The average molecular weight is 388 g/mol. The van der Waals surface area contributed by atoms with Crippen molar-refractivity contribution in [3.8, 4) is 0 Å². The van der Waals surface area contributed by atoms with E-state index in [0.717, 1.165) is 25.0 Å². The first kappa shape index (κ1) is 19.4. The number of carbonyl (C=O) groups is 1. The first-order chi connectivity index (χ1) is 12.9. The van der Waals surface area contributed by atoms with Gasteiger partial charge in [-0.1, -0.05) is 18.2 Å². The summed E-state index contributed by atoms with van der Waals surface area (Å²) in [4.78, 5) is 12.5. The van der Waals surface area contributed by atoms with Crippen molar-refractivity contribution in [2.24, 2.45) is 0 Å². The van der Waals surface area contributed by atoms with Crippen molar-refractivity contribution >= 4 is 21.6 Å². The van der Waals surface area contributed by atoms with Crippen LogP contribution in [0.1, 0.15) is 35.7 Å². The minimum atomic E-state index is -3.72. The summed E-state index contributed by atoms with van der Waals surface area (Å²) in [5.74, 6) is -0.242. The fraction of sp³-hybridized carbons (Fsp3) is 0.350. The maximum Gasteiger partial charge on any atom is 0.261 e. The summed E-state index contributed by atoms with van der Waals surface area (Å²) in [6.45, 7) is 4.48. The number of anilines is 1. The second-order valence-corrected chi connectivity index (χ2v) is 8.44. The van der Waals surface area contributed by atoms with Gasteiger partial charge in [0.25, 0.3) is 15.9 Å². The highest BCUT2D eigenvalue weighted by molar-refractivity contribution is 7.92. The predicted octanol–water partition coefficient (Wildman–Crippen LogP) is 3.09. The van der Waals surface area contributed by atoms with Crippen molar-refractivity contribution in [3.63, 3.8) is 0 Å². The highest BCUT2D eigenvalue weighted by atomic mass is 32.2. The van der Waals surface area contributed by atoms with Gasteiger partial charge in [0.1, 0.15) is 0 Å². The molecule has 0 radical (unpaired) electrons. The Morgan fingerprint density at radius 3 is 2.48 bits per heavy atom. The van der Waals surface area contributed by atoms with Gasteiger partial charge in [0.2, 0.25) is 0 Å². The number of ether oxygens (including phenoxy) is 1. The molecule has 0 aromatic heterocycles. The Morgan fingerprint density at radius 2 is 1.85 bits per heavy atom. The van der Waals surface area contributed by atoms with Gasteiger partial charge in [-0.05, 0) is 62.6 Å². The van der Waals surface area contributed by atoms with Gasteiger partial charge in [-0.2, -0.15) is 0 Å². The molecule has 1 aliphatic heterocycles. The lowest BCUT2D eigenvalue weighted by atomic mass is 10.1. The lowest BCUT2D eigenvalue weighted by Crippen LogP contribution is -2.40. The number of hydrogen-bond acceptors (Lipinski definition) is 4. The molecule has 1 saturated heterocycles. The molecule has 0 spiro atoms. The Morgan fingerprint density at radius 1 is 1.15 bits per heavy atom. The molecule has 3 rings (SSSR count). The second kappa shape index (κ2) is 8.10. The summed E-state index contributed by atoms with van der Waals surface area (Å²) < 4.78 is 33.3. The number of amides is 1. The Hall–Kier alpha value is -2.38. The summed E-state index contributed by atoms with van der Waals surface area (Å²) >= 11 is 0. The summed E-state index contributed by atoms with van der Waals surface area (Å²) in [6.07, 6.45) is 1.97. The van der Waals surface area contributed by atoms with E-state index in [4.69, 9.17) is 4.74 Å². The molecule has 2 aromatic carbocycles. The van der Waals surface area contributed by atoms with E-state index in [1.165, 1.54) is 24.3 Å². The van der Waals surface area contributed by atoms with E-state index in [2.05, 4.69) is 10.0 Å². The van der Waals surface area contributed by atoms with Crippen molar-refractivity contribution in [3.05, 3.63) is 59.7 Å². The smallest absolute Gasteiger partial charge is 0.261 e. The van der Waals surface area contributed by atoms with E-state index in [-0.39, 0.29) is 22.9 Å². The summed E-state index contributed by atoms with van der Waals surface area (Å²) in [7, 11) is -3.72. The van der Waals surface area contributed by atoms with Crippen molar-refractivity contribution in [2.45, 2.75) is 43.7 Å². The zero-order chi connectivity index (χ0) is 19.4. The topological polar surface area (TPSA) is 84.5 Å². The second-order valence-electron chi connectivity index (χ2n) is 6.76. The number of nitrogens with one attached hydrogen (secondary N) is 2. The van der Waals surface area contributed by atoms with Crippen LogP contribution in [0.2, 0.25) is 0 Å². The molecule has 2 unspecified atom stereocenters. The first-order valence-corrected chi connectivity index (χ1v) is 10.5. The van der Waals surface area contributed by atoms with Gasteiger partial charge in [0.05, 0.1) is 22.7 Å². The molecule has 0 saturated carbocycles. The van der Waals surface area contributed by atoms with Crippen LogP contribution in [0.15, 0.2) is 53.4 Å². The van der Waals surface area contributed by atoms with Crippen LogP contribution in [-0.2, 0) is 14.8 Å². The number of aryl methyl sites for hydroxylation is 1. The Balaban J connectivity index is 1.68. The van der Waals surface area contributed by atoms with Crippen LogP contribution < -0.4 is 10.0 Å². The maximum absolute atomic E-state index is 12.6. The summed E-state index contributed by atoms with van der Waals surface area (Å²) in [5.41, 5.74) is 1.78. The molecule has 2 atom stereocenters. The van der Waals surface area contributed by atoms with E-state index in [9.17, 15) is 13.2 Å². The van der Waals surface area contributed by atoms with E-state index in [0.29, 0.717) is 11.3 Å². The molecule has 1 heterocycles. The number of hydrogen-bond donors (Lipinski definition) is 2. The molecule has 0 aliphatic carbocycles. The lowest BCUT2D eigenvalue weighted by molar-refractivity contribution is 0.0712. The van der Waals surface area contributed by atoms with Crippen molar-refractivity contribution in [2.75, 3.05) is 11.3 Å².